The number of ether oxygens (including phenoxy) is 2. The second-order valence-corrected chi connectivity index (χ2v) is 6.22. The number of halogens is 1. The molecule has 0 aliphatic carbocycles. The summed E-state index contributed by atoms with van der Waals surface area (Å²) in [6.45, 7) is 2.29. The summed E-state index contributed by atoms with van der Waals surface area (Å²) in [5.74, 6) is 0. The molecule has 0 amide bonds. The topological polar surface area (TPSA) is 54.3 Å². The van der Waals surface area contributed by atoms with Crippen LogP contribution in [0.5, 0.6) is 0 Å². The highest BCUT2D eigenvalue weighted by molar-refractivity contribution is 6.30. The summed E-state index contributed by atoms with van der Waals surface area (Å²) in [5.41, 5.74) is 1.39. The first-order chi connectivity index (χ1) is 10.2. The van der Waals surface area contributed by atoms with E-state index < -0.39 is 0 Å². The molecule has 2 heterocycles. The first kappa shape index (κ1) is 14.6. The van der Waals surface area contributed by atoms with Crippen LogP contribution in [0.2, 0.25) is 5.02 Å². The van der Waals surface area contributed by atoms with Gasteiger partial charge in [0.25, 0.3) is 0 Å². The van der Waals surface area contributed by atoms with Gasteiger partial charge in [0.15, 0.2) is 0 Å². The molecule has 0 aromatic heterocycles. The van der Waals surface area contributed by atoms with Crippen LogP contribution >= 0.6 is 11.6 Å². The molecule has 2 aliphatic rings. The summed E-state index contributed by atoms with van der Waals surface area (Å²) in [6.07, 6.45) is 3.80. The maximum atomic E-state index is 9.21. The summed E-state index contributed by atoms with van der Waals surface area (Å²) in [4.78, 5) is 0. The molecule has 0 radical (unpaired) electrons. The minimum Gasteiger partial charge on any atom is -0.381 e. The fraction of sp³-hybridized carbons (Fsp3) is 0.562. The molecule has 5 heteroatoms. The van der Waals surface area contributed by atoms with E-state index in [1.165, 1.54) is 0 Å². The van der Waals surface area contributed by atoms with Crippen molar-refractivity contribution in [2.75, 3.05) is 25.1 Å². The number of rotatable bonds is 2. The first-order valence-corrected chi connectivity index (χ1v) is 7.76. The molecule has 2 aliphatic heterocycles. The van der Waals surface area contributed by atoms with E-state index in [0.717, 1.165) is 51.2 Å². The lowest BCUT2D eigenvalue weighted by Gasteiger charge is -2.43. The van der Waals surface area contributed by atoms with Crippen LogP contribution in [-0.4, -0.2) is 31.5 Å². The number of hydrogen-bond donors (Lipinski definition) is 1. The van der Waals surface area contributed by atoms with E-state index in [2.05, 4.69) is 11.4 Å². The van der Waals surface area contributed by atoms with Gasteiger partial charge >= 0.3 is 0 Å². The molecule has 3 rings (SSSR count). The average molecular weight is 307 g/mol. The zero-order chi connectivity index (χ0) is 14.7. The van der Waals surface area contributed by atoms with Crippen LogP contribution in [0, 0.1) is 11.3 Å². The van der Waals surface area contributed by atoms with Crippen molar-refractivity contribution in [3.05, 3.63) is 28.8 Å². The zero-order valence-electron chi connectivity index (χ0n) is 11.9. The van der Waals surface area contributed by atoms with Crippen molar-refractivity contribution in [1.29, 1.82) is 5.26 Å². The lowest BCUT2D eigenvalue weighted by Crippen LogP contribution is -2.47. The van der Waals surface area contributed by atoms with Gasteiger partial charge in [0, 0.05) is 30.9 Å². The SMILES string of the molecule is N#Cc1ccc(Cl)cc1NC1CCOC2(CCOCC2)C1. The number of nitrogens with zero attached hydrogens (tertiary/aromatic N) is 1. The van der Waals surface area contributed by atoms with Crippen molar-refractivity contribution in [2.24, 2.45) is 0 Å². The largest absolute Gasteiger partial charge is 0.381 e. The van der Waals surface area contributed by atoms with Crippen LogP contribution in [0.15, 0.2) is 18.2 Å². The van der Waals surface area contributed by atoms with Crippen LogP contribution in [0.25, 0.3) is 0 Å². The molecular formula is C16H19ClN2O2. The summed E-state index contributed by atoms with van der Waals surface area (Å²) < 4.78 is 11.5. The van der Waals surface area contributed by atoms with Crippen LogP contribution in [0.1, 0.15) is 31.2 Å². The number of nitrogens with one attached hydrogen (secondary N) is 1. The summed E-state index contributed by atoms with van der Waals surface area (Å²) in [7, 11) is 0. The quantitative estimate of drug-likeness (QED) is 0.910. The normalized spacial score (nSPS) is 24.5. The predicted molar refractivity (Wildman–Crippen MR) is 81.5 cm³/mol. The average Bonchev–Trinajstić information content (AvgIpc) is 2.48. The smallest absolute Gasteiger partial charge is 0.101 e. The molecule has 1 aromatic rings. The molecule has 2 saturated heterocycles. The second-order valence-electron chi connectivity index (χ2n) is 5.78. The van der Waals surface area contributed by atoms with Crippen molar-refractivity contribution in [2.45, 2.75) is 37.3 Å². The summed E-state index contributed by atoms with van der Waals surface area (Å²) in [5, 5.41) is 13.3. The third-order valence-electron chi connectivity index (χ3n) is 4.36. The van der Waals surface area contributed by atoms with Crippen molar-refractivity contribution < 1.29 is 9.47 Å². The van der Waals surface area contributed by atoms with Crippen LogP contribution < -0.4 is 5.32 Å². The van der Waals surface area contributed by atoms with Gasteiger partial charge in [-0.15, -0.1) is 0 Å². The zero-order valence-corrected chi connectivity index (χ0v) is 12.7. The lowest BCUT2D eigenvalue weighted by atomic mass is 9.84. The van der Waals surface area contributed by atoms with Gasteiger partial charge in [0.1, 0.15) is 6.07 Å². The minimum atomic E-state index is -0.0560. The van der Waals surface area contributed by atoms with Crippen LogP contribution in [-0.2, 0) is 9.47 Å². The fourth-order valence-electron chi connectivity index (χ4n) is 3.20. The number of nitriles is 1. The summed E-state index contributed by atoms with van der Waals surface area (Å²) >= 11 is 6.04. The fourth-order valence-corrected chi connectivity index (χ4v) is 3.37. The number of hydrogen-bond acceptors (Lipinski definition) is 4. The van der Waals surface area contributed by atoms with E-state index in [-0.39, 0.29) is 5.60 Å². The molecule has 1 N–H and O–H groups in total. The van der Waals surface area contributed by atoms with Crippen molar-refractivity contribution >= 4 is 17.3 Å². The van der Waals surface area contributed by atoms with Gasteiger partial charge in [0.2, 0.25) is 0 Å². The molecule has 1 unspecified atom stereocenters. The molecule has 0 bridgehead atoms. The Kier molecular flexibility index (Phi) is 4.34. The highest BCUT2D eigenvalue weighted by Gasteiger charge is 2.39. The van der Waals surface area contributed by atoms with Crippen molar-refractivity contribution in [3.8, 4) is 6.07 Å². The third-order valence-corrected chi connectivity index (χ3v) is 4.59. The molecular weight excluding hydrogens is 288 g/mol. The maximum absolute atomic E-state index is 9.21. The predicted octanol–water partition coefficient (Wildman–Crippen LogP) is 3.35. The lowest BCUT2D eigenvalue weighted by molar-refractivity contribution is -0.135. The van der Waals surface area contributed by atoms with E-state index in [1.807, 2.05) is 6.07 Å². The Bertz CT molecular complexity index is 544. The Balaban J connectivity index is 1.73. The van der Waals surface area contributed by atoms with Gasteiger partial charge in [-0.1, -0.05) is 11.6 Å². The van der Waals surface area contributed by atoms with Crippen LogP contribution in [0.3, 0.4) is 0 Å². The molecule has 21 heavy (non-hydrogen) atoms. The van der Waals surface area contributed by atoms with Gasteiger partial charge in [0.05, 0.1) is 16.9 Å². The van der Waals surface area contributed by atoms with Gasteiger partial charge in [-0.3, -0.25) is 0 Å². The van der Waals surface area contributed by atoms with Crippen molar-refractivity contribution in [1.82, 2.24) is 0 Å². The second kappa shape index (κ2) is 6.23. The first-order valence-electron chi connectivity index (χ1n) is 7.39. The molecule has 112 valence electrons. The van der Waals surface area contributed by atoms with Gasteiger partial charge < -0.3 is 14.8 Å². The summed E-state index contributed by atoms with van der Waals surface area (Å²) in [6, 6.07) is 7.85. The monoisotopic (exact) mass is 306 g/mol. The Morgan fingerprint density at radius 3 is 2.86 bits per heavy atom. The van der Waals surface area contributed by atoms with Gasteiger partial charge in [-0.05, 0) is 43.9 Å². The molecule has 1 atom stereocenters. The standard InChI is InChI=1S/C16H19ClN2O2/c17-13-2-1-12(11-18)15(9-13)19-14-3-6-21-16(10-14)4-7-20-8-5-16/h1-2,9,14,19H,3-8,10H2. The van der Waals surface area contributed by atoms with Crippen molar-refractivity contribution in [3.63, 3.8) is 0 Å². The third kappa shape index (κ3) is 3.32. The van der Waals surface area contributed by atoms with E-state index in [0.29, 0.717) is 16.6 Å². The number of benzene rings is 1. The van der Waals surface area contributed by atoms with Gasteiger partial charge in [-0.2, -0.15) is 5.26 Å². The van der Waals surface area contributed by atoms with E-state index in [9.17, 15) is 5.26 Å². The highest BCUT2D eigenvalue weighted by atomic mass is 35.5. The van der Waals surface area contributed by atoms with E-state index in [1.54, 1.807) is 12.1 Å². The Labute approximate surface area is 130 Å². The molecule has 4 nitrogen and oxygen atoms in total. The molecule has 1 aromatic carbocycles. The molecule has 1 spiro atoms. The van der Waals surface area contributed by atoms with E-state index in [4.69, 9.17) is 21.1 Å². The Morgan fingerprint density at radius 2 is 2.10 bits per heavy atom. The minimum absolute atomic E-state index is 0.0560. The highest BCUT2D eigenvalue weighted by Crippen LogP contribution is 2.35. The molecule has 2 fully saturated rings. The van der Waals surface area contributed by atoms with Crippen LogP contribution in [0.4, 0.5) is 5.69 Å². The number of anilines is 1. The Morgan fingerprint density at radius 1 is 1.29 bits per heavy atom. The van der Waals surface area contributed by atoms with E-state index >= 15 is 0 Å². The molecule has 0 saturated carbocycles. The Hall–Kier alpha value is -1.28. The maximum Gasteiger partial charge on any atom is 0.101 e. The van der Waals surface area contributed by atoms with Gasteiger partial charge in [-0.25, -0.2) is 0 Å².